The summed E-state index contributed by atoms with van der Waals surface area (Å²) in [5.74, 6) is 1.04. The maximum absolute atomic E-state index is 12.4. The fraction of sp³-hybridized carbons (Fsp3) is 0.321. The van der Waals surface area contributed by atoms with Crippen molar-refractivity contribution in [3.05, 3.63) is 100.0 Å². The zero-order valence-electron chi connectivity index (χ0n) is 19.7. The van der Waals surface area contributed by atoms with E-state index in [-0.39, 0.29) is 18.1 Å². The number of para-hydroxylation sites is 2. The Balaban J connectivity index is 0.00000253. The van der Waals surface area contributed by atoms with Gasteiger partial charge in [0.2, 0.25) is 0 Å². The van der Waals surface area contributed by atoms with Crippen molar-refractivity contribution in [2.75, 3.05) is 32.7 Å². The number of nitrogens with one attached hydrogen (secondary N) is 1. The van der Waals surface area contributed by atoms with Crippen molar-refractivity contribution in [2.24, 2.45) is 0 Å². The van der Waals surface area contributed by atoms with E-state index in [2.05, 4.69) is 63.3 Å². The predicted octanol–water partition coefficient (Wildman–Crippen LogP) is 5.15. The average molecular weight is 507 g/mol. The van der Waals surface area contributed by atoms with E-state index in [4.69, 9.17) is 0 Å². The summed E-state index contributed by atoms with van der Waals surface area (Å²) in [5.41, 5.74) is 6.29. The van der Waals surface area contributed by atoms with E-state index >= 15 is 0 Å². The summed E-state index contributed by atoms with van der Waals surface area (Å²) in [6.07, 6.45) is 0.980. The Kier molecular flexibility index (Phi) is 7.35. The second-order valence-electron chi connectivity index (χ2n) is 9.26. The normalized spacial score (nSPS) is 18.5. The minimum Gasteiger partial charge on any atom is -0.306 e. The van der Waals surface area contributed by atoms with Gasteiger partial charge < -0.3 is 9.88 Å². The Labute approximate surface area is 216 Å². The molecule has 1 N–H and O–H groups in total. The number of rotatable bonds is 5. The molecule has 0 aliphatic carbocycles. The lowest BCUT2D eigenvalue weighted by Crippen LogP contribution is -2.48. The van der Waals surface area contributed by atoms with Crippen LogP contribution in [0, 0.1) is 0 Å². The maximum Gasteiger partial charge on any atom is 0.326 e. The molecule has 1 fully saturated rings. The molecule has 1 atom stereocenters. The predicted molar refractivity (Wildman–Crippen MR) is 147 cm³/mol. The highest BCUT2D eigenvalue weighted by Gasteiger charge is 2.31. The Bertz CT molecular complexity index is 1310. The molecule has 1 unspecified atom stereocenters. The van der Waals surface area contributed by atoms with Crippen molar-refractivity contribution in [3.63, 3.8) is 0 Å². The van der Waals surface area contributed by atoms with Crippen LogP contribution in [0.3, 0.4) is 0 Å². The Hall–Kier alpha value is -2.51. The topological polar surface area (TPSA) is 44.3 Å². The molecule has 0 bridgehead atoms. The van der Waals surface area contributed by atoms with Gasteiger partial charge in [0.1, 0.15) is 0 Å². The van der Waals surface area contributed by atoms with Gasteiger partial charge in [-0.1, -0.05) is 54.6 Å². The van der Waals surface area contributed by atoms with Crippen LogP contribution in [0.5, 0.6) is 0 Å². The van der Waals surface area contributed by atoms with E-state index in [1.807, 2.05) is 40.6 Å². The van der Waals surface area contributed by atoms with Crippen LogP contribution in [0.15, 0.2) is 82.5 Å². The number of aryl methyl sites for hydroxylation is 1. The number of imidazole rings is 1. The zero-order valence-corrected chi connectivity index (χ0v) is 21.4. The van der Waals surface area contributed by atoms with Gasteiger partial charge in [-0.15, -0.1) is 24.2 Å². The van der Waals surface area contributed by atoms with Crippen molar-refractivity contribution in [1.29, 1.82) is 0 Å². The molecule has 35 heavy (non-hydrogen) atoms. The highest BCUT2D eigenvalue weighted by atomic mass is 35.5. The summed E-state index contributed by atoms with van der Waals surface area (Å²) >= 11 is 1.96. The first kappa shape index (κ1) is 24.2. The molecule has 0 saturated carbocycles. The van der Waals surface area contributed by atoms with Crippen molar-refractivity contribution >= 4 is 35.2 Å². The quantitative estimate of drug-likeness (QED) is 0.406. The number of fused-ring (bicyclic) bond motifs is 3. The third-order valence-corrected chi connectivity index (χ3v) is 8.39. The number of aromatic amines is 1. The fourth-order valence-electron chi connectivity index (χ4n) is 5.51. The standard InChI is InChI=1S/C28H30N4OS.ClH/c33-28-29-24-11-4-5-12-25(24)32(28)15-7-14-30-16-18-31(19-17-30)27-22-9-2-1-8-21(22)20-34-26-13-6-3-10-23(26)27;/h1-6,8-13,27H,7,14-20H2,(H,29,33);1H. The highest BCUT2D eigenvalue weighted by molar-refractivity contribution is 7.98. The molecule has 6 rings (SSSR count). The molecule has 1 aromatic heterocycles. The first-order chi connectivity index (χ1) is 16.8. The van der Waals surface area contributed by atoms with E-state index in [0.717, 1.165) is 62.5 Å². The largest absolute Gasteiger partial charge is 0.326 e. The third-order valence-electron chi connectivity index (χ3n) is 7.26. The van der Waals surface area contributed by atoms with E-state index in [0.29, 0.717) is 6.04 Å². The molecule has 0 spiro atoms. The van der Waals surface area contributed by atoms with Crippen LogP contribution >= 0.6 is 24.2 Å². The smallest absolute Gasteiger partial charge is 0.306 e. The third kappa shape index (κ3) is 4.81. The summed E-state index contributed by atoms with van der Waals surface area (Å²) in [6.45, 7) is 6.03. The number of thioether (sulfide) groups is 1. The lowest BCUT2D eigenvalue weighted by molar-refractivity contribution is 0.107. The van der Waals surface area contributed by atoms with Gasteiger partial charge in [-0.3, -0.25) is 9.47 Å². The van der Waals surface area contributed by atoms with E-state index in [1.54, 1.807) is 0 Å². The minimum absolute atomic E-state index is 0. The number of aromatic nitrogens is 2. The van der Waals surface area contributed by atoms with Crippen molar-refractivity contribution in [1.82, 2.24) is 19.4 Å². The molecular formula is C28H31ClN4OS. The lowest BCUT2D eigenvalue weighted by Gasteiger charge is -2.40. The maximum atomic E-state index is 12.4. The van der Waals surface area contributed by atoms with Crippen LogP contribution in [0.2, 0.25) is 0 Å². The molecule has 3 heterocycles. The van der Waals surface area contributed by atoms with Gasteiger partial charge in [0.05, 0.1) is 17.1 Å². The molecule has 0 radical (unpaired) electrons. The number of piperazine rings is 1. The van der Waals surface area contributed by atoms with Gasteiger partial charge in [-0.05, 0) is 47.9 Å². The van der Waals surface area contributed by atoms with Gasteiger partial charge in [0.15, 0.2) is 0 Å². The molecule has 3 aromatic carbocycles. The van der Waals surface area contributed by atoms with Gasteiger partial charge in [0, 0.05) is 43.4 Å². The molecule has 4 aromatic rings. The molecule has 182 valence electrons. The number of H-pyrrole nitrogens is 1. The van der Waals surface area contributed by atoms with Crippen molar-refractivity contribution in [3.8, 4) is 0 Å². The van der Waals surface area contributed by atoms with Gasteiger partial charge >= 0.3 is 5.69 Å². The second kappa shape index (κ2) is 10.6. The molecule has 0 amide bonds. The fourth-order valence-corrected chi connectivity index (χ4v) is 6.61. The number of nitrogens with zero attached hydrogens (tertiary/aromatic N) is 3. The van der Waals surface area contributed by atoms with Crippen molar-refractivity contribution < 1.29 is 0 Å². The van der Waals surface area contributed by atoms with Crippen LogP contribution in [-0.2, 0) is 12.3 Å². The Morgan fingerprint density at radius 2 is 1.54 bits per heavy atom. The SMILES string of the molecule is Cl.O=c1[nH]c2ccccc2n1CCCN1CCN(C2c3ccccc3CSc3ccccc32)CC1. The van der Waals surface area contributed by atoms with Crippen LogP contribution in [0.25, 0.3) is 11.0 Å². The van der Waals surface area contributed by atoms with Crippen LogP contribution in [0.1, 0.15) is 29.2 Å². The summed E-state index contributed by atoms with van der Waals surface area (Å²) in [7, 11) is 0. The number of halogens is 1. The van der Waals surface area contributed by atoms with Gasteiger partial charge in [0.25, 0.3) is 0 Å². The van der Waals surface area contributed by atoms with Crippen LogP contribution in [-0.4, -0.2) is 52.1 Å². The zero-order chi connectivity index (χ0) is 22.9. The first-order valence-electron chi connectivity index (χ1n) is 12.2. The number of hydrogen-bond acceptors (Lipinski definition) is 4. The first-order valence-corrected chi connectivity index (χ1v) is 13.2. The summed E-state index contributed by atoms with van der Waals surface area (Å²) in [6, 6.07) is 26.2. The number of hydrogen-bond donors (Lipinski definition) is 1. The monoisotopic (exact) mass is 506 g/mol. The molecule has 2 aliphatic heterocycles. The molecule has 1 saturated heterocycles. The second-order valence-corrected chi connectivity index (χ2v) is 10.3. The lowest BCUT2D eigenvalue weighted by atomic mass is 9.93. The van der Waals surface area contributed by atoms with Gasteiger partial charge in [-0.25, -0.2) is 4.79 Å². The van der Waals surface area contributed by atoms with E-state index in [1.165, 1.54) is 21.6 Å². The van der Waals surface area contributed by atoms with E-state index in [9.17, 15) is 4.79 Å². The minimum atomic E-state index is -0.00502. The summed E-state index contributed by atoms with van der Waals surface area (Å²) in [5, 5.41) is 0. The van der Waals surface area contributed by atoms with Crippen molar-refractivity contribution in [2.45, 2.75) is 29.7 Å². The summed E-state index contributed by atoms with van der Waals surface area (Å²) in [4.78, 5) is 22.0. The average Bonchev–Trinajstić information content (AvgIpc) is 3.09. The van der Waals surface area contributed by atoms with Crippen LogP contribution in [0.4, 0.5) is 0 Å². The summed E-state index contributed by atoms with van der Waals surface area (Å²) < 4.78 is 1.88. The molecule has 2 aliphatic rings. The highest BCUT2D eigenvalue weighted by Crippen LogP contribution is 2.42. The molecule has 5 nitrogen and oxygen atoms in total. The van der Waals surface area contributed by atoms with E-state index < -0.39 is 0 Å². The Morgan fingerprint density at radius 3 is 2.40 bits per heavy atom. The number of benzene rings is 3. The molecule has 7 heteroatoms. The Morgan fingerprint density at radius 1 is 0.829 bits per heavy atom. The molecular weight excluding hydrogens is 476 g/mol. The van der Waals surface area contributed by atoms with Crippen LogP contribution < -0.4 is 5.69 Å². The van der Waals surface area contributed by atoms with Gasteiger partial charge in [-0.2, -0.15) is 0 Å².